The maximum atomic E-state index is 12.1. The molecule has 1 heterocycles. The molecule has 0 atom stereocenters. The van der Waals surface area contributed by atoms with Gasteiger partial charge in [0.25, 0.3) is 0 Å². The number of nitrogens with one attached hydrogen (secondary N) is 1. The molecule has 0 aliphatic rings. The second-order valence-electron chi connectivity index (χ2n) is 4.79. The SMILES string of the molecule is CC(C)c1nnc(CCNS(=O)(=O)c2ccc(Br)cc2)o1. The fraction of sp³-hybridized carbons (Fsp3) is 0.385. The second-order valence-corrected chi connectivity index (χ2v) is 7.47. The van der Waals surface area contributed by atoms with E-state index in [1.807, 2.05) is 13.8 Å². The Balaban J connectivity index is 1.94. The van der Waals surface area contributed by atoms with E-state index in [0.717, 1.165) is 4.47 Å². The first-order chi connectivity index (χ1) is 9.88. The number of aromatic nitrogens is 2. The Hall–Kier alpha value is -1.25. The smallest absolute Gasteiger partial charge is 0.240 e. The van der Waals surface area contributed by atoms with Gasteiger partial charge < -0.3 is 4.42 Å². The first kappa shape index (κ1) is 16.1. The number of benzene rings is 1. The van der Waals surface area contributed by atoms with Crippen LogP contribution < -0.4 is 4.72 Å². The third kappa shape index (κ3) is 4.36. The summed E-state index contributed by atoms with van der Waals surface area (Å²) >= 11 is 3.27. The summed E-state index contributed by atoms with van der Waals surface area (Å²) in [6.45, 7) is 4.11. The molecule has 0 unspecified atom stereocenters. The zero-order chi connectivity index (χ0) is 15.5. The van der Waals surface area contributed by atoms with Crippen molar-refractivity contribution in [2.75, 3.05) is 6.54 Å². The van der Waals surface area contributed by atoms with Crippen LogP contribution in [-0.4, -0.2) is 25.2 Å². The Bertz CT molecular complexity index is 696. The number of sulfonamides is 1. The molecule has 114 valence electrons. The molecule has 21 heavy (non-hydrogen) atoms. The lowest BCUT2D eigenvalue weighted by Gasteiger charge is -2.05. The quantitative estimate of drug-likeness (QED) is 0.840. The normalized spacial score (nSPS) is 12.0. The molecule has 2 rings (SSSR count). The molecule has 1 aromatic carbocycles. The van der Waals surface area contributed by atoms with Crippen molar-refractivity contribution in [3.63, 3.8) is 0 Å². The van der Waals surface area contributed by atoms with Crippen LogP contribution >= 0.6 is 15.9 Å². The highest BCUT2D eigenvalue weighted by Crippen LogP contribution is 2.15. The first-order valence-corrected chi connectivity index (χ1v) is 8.73. The van der Waals surface area contributed by atoms with Crippen LogP contribution in [0.4, 0.5) is 0 Å². The van der Waals surface area contributed by atoms with Crippen molar-refractivity contribution in [3.8, 4) is 0 Å². The molecule has 0 saturated heterocycles. The molecule has 0 spiro atoms. The van der Waals surface area contributed by atoms with Gasteiger partial charge in [-0.15, -0.1) is 10.2 Å². The number of rotatable bonds is 6. The highest BCUT2D eigenvalue weighted by Gasteiger charge is 2.14. The standard InChI is InChI=1S/C13H16BrN3O3S/c1-9(2)13-17-16-12(20-13)7-8-15-21(18,19)11-5-3-10(14)4-6-11/h3-6,9,15H,7-8H2,1-2H3. The van der Waals surface area contributed by atoms with Crippen molar-refractivity contribution < 1.29 is 12.8 Å². The van der Waals surface area contributed by atoms with Crippen molar-refractivity contribution in [1.82, 2.24) is 14.9 Å². The molecule has 8 heteroatoms. The topological polar surface area (TPSA) is 85.1 Å². The van der Waals surface area contributed by atoms with Crippen LogP contribution in [0, 0.1) is 0 Å². The molecule has 0 fully saturated rings. The molecule has 1 aromatic heterocycles. The summed E-state index contributed by atoms with van der Waals surface area (Å²) in [5, 5.41) is 7.78. The van der Waals surface area contributed by atoms with E-state index in [9.17, 15) is 8.42 Å². The molecule has 0 aliphatic heterocycles. The van der Waals surface area contributed by atoms with Gasteiger partial charge in [-0.25, -0.2) is 13.1 Å². The molecule has 1 N–H and O–H groups in total. The summed E-state index contributed by atoms with van der Waals surface area (Å²) < 4.78 is 32.9. The molecule has 0 bridgehead atoms. The summed E-state index contributed by atoms with van der Waals surface area (Å²) in [5.74, 6) is 1.14. The lowest BCUT2D eigenvalue weighted by molar-refractivity contribution is 0.431. The van der Waals surface area contributed by atoms with Crippen LogP contribution in [0.2, 0.25) is 0 Å². The lowest BCUT2D eigenvalue weighted by Crippen LogP contribution is -2.26. The summed E-state index contributed by atoms with van der Waals surface area (Å²) in [6, 6.07) is 6.44. The van der Waals surface area contributed by atoms with E-state index >= 15 is 0 Å². The number of hydrogen-bond donors (Lipinski definition) is 1. The minimum atomic E-state index is -3.52. The average molecular weight is 374 g/mol. The zero-order valence-corrected chi connectivity index (χ0v) is 14.1. The molecular formula is C13H16BrN3O3S. The molecule has 0 aliphatic carbocycles. The summed E-state index contributed by atoms with van der Waals surface area (Å²) in [5.41, 5.74) is 0. The van der Waals surface area contributed by atoms with Crippen molar-refractivity contribution in [3.05, 3.63) is 40.5 Å². The molecule has 6 nitrogen and oxygen atoms in total. The van der Waals surface area contributed by atoms with Gasteiger partial charge in [-0.05, 0) is 24.3 Å². The van der Waals surface area contributed by atoms with E-state index in [2.05, 4.69) is 30.8 Å². The monoisotopic (exact) mass is 373 g/mol. The minimum Gasteiger partial charge on any atom is -0.425 e. The Morgan fingerprint density at radius 1 is 1.24 bits per heavy atom. The predicted octanol–water partition coefficient (Wildman–Crippen LogP) is 2.48. The van der Waals surface area contributed by atoms with Crippen molar-refractivity contribution in [1.29, 1.82) is 0 Å². The second kappa shape index (κ2) is 6.67. The van der Waals surface area contributed by atoms with Crippen LogP contribution in [0.3, 0.4) is 0 Å². The molecule has 0 amide bonds. The Morgan fingerprint density at radius 3 is 2.48 bits per heavy atom. The van der Waals surface area contributed by atoms with Crippen molar-refractivity contribution in [2.24, 2.45) is 0 Å². The first-order valence-electron chi connectivity index (χ1n) is 6.46. The van der Waals surface area contributed by atoms with Crippen molar-refractivity contribution in [2.45, 2.75) is 31.1 Å². The van der Waals surface area contributed by atoms with E-state index in [1.165, 1.54) is 12.1 Å². The van der Waals surface area contributed by atoms with E-state index in [-0.39, 0.29) is 17.4 Å². The van der Waals surface area contributed by atoms with E-state index in [0.29, 0.717) is 18.2 Å². The Morgan fingerprint density at radius 2 is 1.90 bits per heavy atom. The van der Waals surface area contributed by atoms with Gasteiger partial charge in [0.15, 0.2) is 0 Å². The van der Waals surface area contributed by atoms with Crippen molar-refractivity contribution >= 4 is 26.0 Å². The van der Waals surface area contributed by atoms with E-state index < -0.39 is 10.0 Å². The van der Waals surface area contributed by atoms with Gasteiger partial charge in [-0.2, -0.15) is 0 Å². The Kier molecular flexibility index (Phi) is 5.13. The number of hydrogen-bond acceptors (Lipinski definition) is 5. The fourth-order valence-corrected chi connectivity index (χ4v) is 2.89. The maximum Gasteiger partial charge on any atom is 0.240 e. The van der Waals surface area contributed by atoms with Crippen LogP contribution in [0.1, 0.15) is 31.5 Å². The summed E-state index contributed by atoms with van der Waals surface area (Å²) in [4.78, 5) is 0.221. The zero-order valence-electron chi connectivity index (χ0n) is 11.7. The lowest BCUT2D eigenvalue weighted by atomic mass is 10.2. The van der Waals surface area contributed by atoms with E-state index in [4.69, 9.17) is 4.42 Å². The van der Waals surface area contributed by atoms with Gasteiger partial charge in [-0.3, -0.25) is 0 Å². The number of nitrogens with zero attached hydrogens (tertiary/aromatic N) is 2. The highest BCUT2D eigenvalue weighted by atomic mass is 79.9. The molecule has 0 radical (unpaired) electrons. The highest BCUT2D eigenvalue weighted by molar-refractivity contribution is 9.10. The maximum absolute atomic E-state index is 12.1. The third-order valence-electron chi connectivity index (χ3n) is 2.73. The number of halogens is 1. The largest absolute Gasteiger partial charge is 0.425 e. The predicted molar refractivity (Wildman–Crippen MR) is 81.4 cm³/mol. The fourth-order valence-electron chi connectivity index (χ4n) is 1.59. The van der Waals surface area contributed by atoms with Gasteiger partial charge >= 0.3 is 0 Å². The van der Waals surface area contributed by atoms with Gasteiger partial charge in [0.1, 0.15) is 0 Å². The van der Waals surface area contributed by atoms with Crippen LogP contribution in [0.5, 0.6) is 0 Å². The molecule has 2 aromatic rings. The minimum absolute atomic E-state index is 0.158. The molecular weight excluding hydrogens is 358 g/mol. The van der Waals surface area contributed by atoms with Gasteiger partial charge in [0.05, 0.1) is 4.90 Å². The van der Waals surface area contributed by atoms with Crippen LogP contribution in [0.15, 0.2) is 38.1 Å². The van der Waals surface area contributed by atoms with Gasteiger partial charge in [-0.1, -0.05) is 29.8 Å². The Labute approximate surface area is 132 Å². The summed E-state index contributed by atoms with van der Waals surface area (Å²) in [6.07, 6.45) is 0.357. The summed E-state index contributed by atoms with van der Waals surface area (Å²) in [7, 11) is -3.52. The van der Waals surface area contributed by atoms with Gasteiger partial charge in [0.2, 0.25) is 21.8 Å². The average Bonchev–Trinajstić information content (AvgIpc) is 2.88. The molecule has 0 saturated carbocycles. The third-order valence-corrected chi connectivity index (χ3v) is 4.74. The van der Waals surface area contributed by atoms with Crippen LogP contribution in [-0.2, 0) is 16.4 Å². The van der Waals surface area contributed by atoms with Crippen LogP contribution in [0.25, 0.3) is 0 Å². The van der Waals surface area contributed by atoms with E-state index in [1.54, 1.807) is 12.1 Å². The van der Waals surface area contributed by atoms with Gasteiger partial charge in [0, 0.05) is 23.4 Å².